The highest BCUT2D eigenvalue weighted by molar-refractivity contribution is 5.49. The van der Waals surface area contributed by atoms with Crippen LogP contribution in [0.3, 0.4) is 0 Å². The molecule has 2 N–H and O–H groups in total. The van der Waals surface area contributed by atoms with E-state index in [4.69, 9.17) is 15.2 Å². The number of nitrogens with zero attached hydrogens (tertiary/aromatic N) is 2. The van der Waals surface area contributed by atoms with Crippen molar-refractivity contribution in [2.24, 2.45) is 0 Å². The summed E-state index contributed by atoms with van der Waals surface area (Å²) in [5.41, 5.74) is 4.68. The van der Waals surface area contributed by atoms with Crippen LogP contribution in [0.1, 0.15) is 12.0 Å². The maximum Gasteiger partial charge on any atom is 0.416 e. The Bertz CT molecular complexity index is 441. The molecule has 21 heavy (non-hydrogen) atoms. The van der Waals surface area contributed by atoms with Crippen molar-refractivity contribution in [3.63, 3.8) is 0 Å². The van der Waals surface area contributed by atoms with Crippen LogP contribution in [0, 0.1) is 0 Å². The van der Waals surface area contributed by atoms with E-state index in [0.717, 1.165) is 12.1 Å². The van der Waals surface area contributed by atoms with Crippen LogP contribution < -0.4 is 10.6 Å². The van der Waals surface area contributed by atoms with Gasteiger partial charge in [0.25, 0.3) is 0 Å². The van der Waals surface area contributed by atoms with Gasteiger partial charge in [0.1, 0.15) is 11.6 Å². The molecule has 0 unspecified atom stereocenters. The molecule has 0 amide bonds. The van der Waals surface area contributed by atoms with E-state index in [1.165, 1.54) is 7.11 Å². The first-order valence-corrected chi connectivity index (χ1v) is 6.46. The van der Waals surface area contributed by atoms with Gasteiger partial charge in [0, 0.05) is 33.9 Å². The summed E-state index contributed by atoms with van der Waals surface area (Å²) in [6.07, 6.45) is -3.79. The topological polar surface area (TPSA) is 60.6 Å². The molecule has 0 saturated heterocycles. The Morgan fingerprint density at radius 3 is 2.38 bits per heavy atom. The van der Waals surface area contributed by atoms with Gasteiger partial charge in [-0.25, -0.2) is 4.98 Å². The Balaban J connectivity index is 2.96. The average molecular weight is 307 g/mol. The number of rotatable bonds is 8. The third-order valence-electron chi connectivity index (χ3n) is 2.82. The number of hydrogen-bond donors (Lipinski definition) is 1. The lowest BCUT2D eigenvalue weighted by Crippen LogP contribution is -2.30. The molecular weight excluding hydrogens is 287 g/mol. The van der Waals surface area contributed by atoms with E-state index in [1.807, 2.05) is 0 Å². The number of nitrogen functional groups attached to an aromatic ring is 1. The summed E-state index contributed by atoms with van der Waals surface area (Å²) >= 11 is 0. The van der Waals surface area contributed by atoms with Crippen molar-refractivity contribution in [3.8, 4) is 0 Å². The van der Waals surface area contributed by atoms with Gasteiger partial charge in [-0.15, -0.1) is 0 Å². The number of alkyl halides is 3. The molecule has 1 aromatic heterocycles. The minimum Gasteiger partial charge on any atom is -0.385 e. The summed E-state index contributed by atoms with van der Waals surface area (Å²) in [5, 5.41) is 0. The van der Waals surface area contributed by atoms with Crippen LogP contribution in [0.4, 0.5) is 24.8 Å². The number of ether oxygens (including phenoxy) is 2. The molecule has 0 aliphatic heterocycles. The van der Waals surface area contributed by atoms with Crippen LogP contribution in [0.2, 0.25) is 0 Å². The molecule has 0 atom stereocenters. The molecule has 0 aromatic carbocycles. The predicted octanol–water partition coefficient (Wildman–Crippen LogP) is 2.17. The van der Waals surface area contributed by atoms with Crippen molar-refractivity contribution < 1.29 is 22.6 Å². The molecule has 1 heterocycles. The number of anilines is 2. The van der Waals surface area contributed by atoms with Crippen LogP contribution in [0.5, 0.6) is 0 Å². The van der Waals surface area contributed by atoms with Gasteiger partial charge in [0.05, 0.1) is 12.2 Å². The average Bonchev–Trinajstić information content (AvgIpc) is 2.41. The van der Waals surface area contributed by atoms with Crippen molar-refractivity contribution in [1.29, 1.82) is 0 Å². The zero-order chi connectivity index (χ0) is 15.9. The Kier molecular flexibility index (Phi) is 6.70. The lowest BCUT2D eigenvalue weighted by molar-refractivity contribution is -0.137. The zero-order valence-electron chi connectivity index (χ0n) is 12.1. The highest BCUT2D eigenvalue weighted by Gasteiger charge is 2.32. The summed E-state index contributed by atoms with van der Waals surface area (Å²) in [6.45, 7) is 1.82. The van der Waals surface area contributed by atoms with E-state index in [1.54, 1.807) is 12.0 Å². The number of nitrogens with two attached hydrogens (primary N) is 1. The Labute approximate surface area is 121 Å². The van der Waals surface area contributed by atoms with Gasteiger partial charge in [0.2, 0.25) is 0 Å². The maximum absolute atomic E-state index is 12.8. The molecule has 1 rings (SSSR count). The van der Waals surface area contributed by atoms with E-state index in [2.05, 4.69) is 4.98 Å². The summed E-state index contributed by atoms with van der Waals surface area (Å²) in [4.78, 5) is 5.69. The summed E-state index contributed by atoms with van der Waals surface area (Å²) < 4.78 is 48.4. The quantitative estimate of drug-likeness (QED) is 0.746. The van der Waals surface area contributed by atoms with E-state index < -0.39 is 11.7 Å². The second-order valence-electron chi connectivity index (χ2n) is 4.46. The van der Waals surface area contributed by atoms with Crippen molar-refractivity contribution in [1.82, 2.24) is 4.98 Å². The second-order valence-corrected chi connectivity index (χ2v) is 4.46. The SMILES string of the molecule is COCCCN(CCOC)c1cc(C(F)(F)F)cc(N)n1. The molecule has 5 nitrogen and oxygen atoms in total. The first-order chi connectivity index (χ1) is 9.88. The minimum absolute atomic E-state index is 0.158. The first-order valence-electron chi connectivity index (χ1n) is 6.46. The predicted molar refractivity (Wildman–Crippen MR) is 74.2 cm³/mol. The third-order valence-corrected chi connectivity index (χ3v) is 2.82. The molecule has 0 spiro atoms. The molecule has 8 heteroatoms. The van der Waals surface area contributed by atoms with E-state index >= 15 is 0 Å². The third kappa shape index (κ3) is 5.76. The van der Waals surface area contributed by atoms with Gasteiger partial charge in [0.15, 0.2) is 0 Å². The van der Waals surface area contributed by atoms with E-state index in [-0.39, 0.29) is 11.6 Å². The second kappa shape index (κ2) is 8.04. The molecule has 1 aromatic rings. The normalized spacial score (nSPS) is 11.7. The molecule has 0 aliphatic rings. The number of halogens is 3. The fraction of sp³-hybridized carbons (Fsp3) is 0.615. The van der Waals surface area contributed by atoms with Gasteiger partial charge in [-0.1, -0.05) is 0 Å². The van der Waals surface area contributed by atoms with Gasteiger partial charge in [-0.2, -0.15) is 13.2 Å². The van der Waals surface area contributed by atoms with Gasteiger partial charge in [-0.05, 0) is 18.6 Å². The number of pyridine rings is 1. The lowest BCUT2D eigenvalue weighted by atomic mass is 10.2. The largest absolute Gasteiger partial charge is 0.416 e. The van der Waals surface area contributed by atoms with Gasteiger partial charge < -0.3 is 20.1 Å². The Morgan fingerprint density at radius 1 is 1.14 bits per heavy atom. The highest BCUT2D eigenvalue weighted by atomic mass is 19.4. The minimum atomic E-state index is -4.45. The summed E-state index contributed by atoms with van der Waals surface area (Å²) in [7, 11) is 3.10. The number of aromatic nitrogens is 1. The Morgan fingerprint density at radius 2 is 1.81 bits per heavy atom. The van der Waals surface area contributed by atoms with Crippen molar-refractivity contribution >= 4 is 11.6 Å². The van der Waals surface area contributed by atoms with E-state index in [0.29, 0.717) is 32.7 Å². The van der Waals surface area contributed by atoms with Crippen molar-refractivity contribution in [3.05, 3.63) is 17.7 Å². The molecule has 0 bridgehead atoms. The van der Waals surface area contributed by atoms with E-state index in [9.17, 15) is 13.2 Å². The molecule has 120 valence electrons. The van der Waals surface area contributed by atoms with Crippen molar-refractivity contribution in [2.45, 2.75) is 12.6 Å². The summed E-state index contributed by atoms with van der Waals surface area (Å²) in [6, 6.07) is 1.83. The molecule has 0 saturated carbocycles. The van der Waals surface area contributed by atoms with Gasteiger partial charge in [-0.3, -0.25) is 0 Å². The van der Waals surface area contributed by atoms with Crippen molar-refractivity contribution in [2.75, 3.05) is 51.2 Å². The maximum atomic E-state index is 12.8. The van der Waals surface area contributed by atoms with Crippen LogP contribution in [-0.2, 0) is 15.7 Å². The fourth-order valence-corrected chi connectivity index (χ4v) is 1.80. The number of hydrogen-bond acceptors (Lipinski definition) is 5. The van der Waals surface area contributed by atoms with Crippen LogP contribution in [0.25, 0.3) is 0 Å². The lowest BCUT2D eigenvalue weighted by Gasteiger charge is -2.24. The van der Waals surface area contributed by atoms with Gasteiger partial charge >= 0.3 is 6.18 Å². The first kappa shape index (κ1) is 17.5. The standard InChI is InChI=1S/C13H20F3N3O2/c1-20-6-3-4-19(5-7-21-2)12-9-10(13(14,15)16)8-11(17)18-12/h8-9H,3-7H2,1-2H3,(H2,17,18). The number of methoxy groups -OCH3 is 2. The van der Waals surface area contributed by atoms with Crippen LogP contribution in [0.15, 0.2) is 12.1 Å². The highest BCUT2D eigenvalue weighted by Crippen LogP contribution is 2.32. The molecule has 0 fully saturated rings. The Hall–Kier alpha value is -1.54. The fourth-order valence-electron chi connectivity index (χ4n) is 1.80. The smallest absolute Gasteiger partial charge is 0.385 e. The molecule has 0 aliphatic carbocycles. The van der Waals surface area contributed by atoms with Crippen LogP contribution in [-0.4, -0.2) is 45.5 Å². The zero-order valence-corrected chi connectivity index (χ0v) is 12.1. The summed E-state index contributed by atoms with van der Waals surface area (Å²) in [5.74, 6) is 0.0319. The van der Waals surface area contributed by atoms with Crippen LogP contribution >= 0.6 is 0 Å². The monoisotopic (exact) mass is 307 g/mol. The molecule has 0 radical (unpaired) electrons. The molecular formula is C13H20F3N3O2.